The molecule has 0 bridgehead atoms. The van der Waals surface area contributed by atoms with E-state index in [4.69, 9.17) is 0 Å². The van der Waals surface area contributed by atoms with Gasteiger partial charge in [0.25, 0.3) is 0 Å². The molecule has 4 rings (SSSR count). The average molecular weight is 349 g/mol. The fourth-order valence-corrected chi connectivity index (χ4v) is 3.46. The quantitative estimate of drug-likeness (QED) is 0.769. The number of hydrogen-bond donors (Lipinski definition) is 1. The summed E-state index contributed by atoms with van der Waals surface area (Å²) >= 11 is 0. The Morgan fingerprint density at radius 1 is 1.23 bits per heavy atom. The maximum atomic E-state index is 12.5. The van der Waals surface area contributed by atoms with Crippen LogP contribution in [0.5, 0.6) is 0 Å². The predicted octanol–water partition coefficient (Wildman–Crippen LogP) is 2.38. The smallest absolute Gasteiger partial charge is 0.223 e. The van der Waals surface area contributed by atoms with Crippen LogP contribution in [0.2, 0.25) is 0 Å². The van der Waals surface area contributed by atoms with Crippen LogP contribution >= 0.6 is 0 Å². The Bertz CT molecular complexity index is 845. The second kappa shape index (κ2) is 7.56. The molecule has 3 heterocycles. The number of aryl methyl sites for hydroxylation is 2. The van der Waals surface area contributed by atoms with Gasteiger partial charge in [-0.05, 0) is 37.0 Å². The zero-order valence-corrected chi connectivity index (χ0v) is 14.7. The number of nitrogens with one attached hydrogen (secondary N) is 1. The first-order valence-electron chi connectivity index (χ1n) is 9.16. The number of carbonyl (C=O) groups excluding carboxylic acids is 1. The van der Waals surface area contributed by atoms with Crippen LogP contribution in [0, 0.1) is 5.92 Å². The van der Waals surface area contributed by atoms with E-state index < -0.39 is 0 Å². The molecule has 1 N–H and O–H groups in total. The number of para-hydroxylation sites is 1. The Morgan fingerprint density at radius 2 is 2.12 bits per heavy atom. The molecule has 26 heavy (non-hydrogen) atoms. The van der Waals surface area contributed by atoms with Gasteiger partial charge in [0.2, 0.25) is 5.91 Å². The van der Waals surface area contributed by atoms with E-state index in [0.717, 1.165) is 49.3 Å². The third-order valence-electron chi connectivity index (χ3n) is 4.98. The molecule has 6 heteroatoms. The molecule has 0 aliphatic carbocycles. The van der Waals surface area contributed by atoms with E-state index in [0.29, 0.717) is 6.54 Å². The summed E-state index contributed by atoms with van der Waals surface area (Å²) < 4.78 is 4.02. The Kier molecular flexibility index (Phi) is 4.82. The standard InChI is InChI=1S/C20H23N5O/c26-20(17-6-7-19-21-11-13-24(19)12-9-17)22-10-8-16-14-23-25(15-16)18-4-2-1-3-5-18/h1-5,11,13-15,17H,6-10,12H2,(H,22,26). The Hall–Kier alpha value is -2.89. The molecular formula is C20H23N5O. The van der Waals surface area contributed by atoms with Gasteiger partial charge in [0.15, 0.2) is 0 Å². The topological polar surface area (TPSA) is 64.7 Å². The minimum Gasteiger partial charge on any atom is -0.356 e. The molecule has 1 unspecified atom stereocenters. The van der Waals surface area contributed by atoms with Gasteiger partial charge in [-0.25, -0.2) is 9.67 Å². The molecule has 6 nitrogen and oxygen atoms in total. The molecule has 0 saturated carbocycles. The van der Waals surface area contributed by atoms with E-state index in [1.165, 1.54) is 0 Å². The van der Waals surface area contributed by atoms with Gasteiger partial charge in [-0.1, -0.05) is 18.2 Å². The van der Waals surface area contributed by atoms with Crippen molar-refractivity contribution in [2.45, 2.75) is 32.2 Å². The lowest BCUT2D eigenvalue weighted by atomic mass is 9.99. The van der Waals surface area contributed by atoms with Crippen molar-refractivity contribution in [2.75, 3.05) is 6.54 Å². The van der Waals surface area contributed by atoms with Gasteiger partial charge < -0.3 is 9.88 Å². The van der Waals surface area contributed by atoms with Gasteiger partial charge in [0.05, 0.1) is 11.9 Å². The highest BCUT2D eigenvalue weighted by Gasteiger charge is 2.22. The van der Waals surface area contributed by atoms with Gasteiger partial charge in [0.1, 0.15) is 5.82 Å². The molecule has 2 aromatic heterocycles. The first-order chi connectivity index (χ1) is 12.8. The summed E-state index contributed by atoms with van der Waals surface area (Å²) in [7, 11) is 0. The number of amides is 1. The second-order valence-corrected chi connectivity index (χ2v) is 6.73. The molecule has 1 atom stereocenters. The van der Waals surface area contributed by atoms with Gasteiger partial charge in [-0.2, -0.15) is 5.10 Å². The fraction of sp³-hybridized carbons (Fsp3) is 0.350. The summed E-state index contributed by atoms with van der Waals surface area (Å²) in [5, 5.41) is 7.49. The first kappa shape index (κ1) is 16.6. The average Bonchev–Trinajstić information content (AvgIpc) is 3.28. The number of rotatable bonds is 5. The Morgan fingerprint density at radius 3 is 3.00 bits per heavy atom. The van der Waals surface area contributed by atoms with Gasteiger partial charge >= 0.3 is 0 Å². The van der Waals surface area contributed by atoms with Crippen LogP contribution in [0.25, 0.3) is 5.69 Å². The molecule has 0 saturated heterocycles. The number of imidazole rings is 1. The molecule has 3 aromatic rings. The van der Waals surface area contributed by atoms with Crippen molar-refractivity contribution in [1.29, 1.82) is 0 Å². The molecule has 1 aliphatic heterocycles. The number of nitrogens with zero attached hydrogens (tertiary/aromatic N) is 4. The van der Waals surface area contributed by atoms with Crippen LogP contribution in [0.1, 0.15) is 24.2 Å². The van der Waals surface area contributed by atoms with Crippen molar-refractivity contribution in [3.05, 3.63) is 66.5 Å². The normalized spacial score (nSPS) is 16.7. The number of aromatic nitrogens is 4. The van der Waals surface area contributed by atoms with Crippen molar-refractivity contribution >= 4 is 5.91 Å². The molecule has 0 spiro atoms. The fourth-order valence-electron chi connectivity index (χ4n) is 3.46. The number of fused-ring (bicyclic) bond motifs is 1. The van der Waals surface area contributed by atoms with Crippen molar-refractivity contribution in [2.24, 2.45) is 5.92 Å². The third kappa shape index (κ3) is 3.69. The summed E-state index contributed by atoms with van der Waals surface area (Å²) in [6, 6.07) is 10.0. The molecule has 0 radical (unpaired) electrons. The molecule has 1 aromatic carbocycles. The minimum absolute atomic E-state index is 0.0729. The maximum absolute atomic E-state index is 12.5. The summed E-state index contributed by atoms with van der Waals surface area (Å²) in [4.78, 5) is 16.8. The second-order valence-electron chi connectivity index (χ2n) is 6.73. The summed E-state index contributed by atoms with van der Waals surface area (Å²) in [5.41, 5.74) is 2.16. The number of benzene rings is 1. The minimum atomic E-state index is 0.0729. The zero-order chi connectivity index (χ0) is 17.8. The van der Waals surface area contributed by atoms with Gasteiger partial charge in [-0.15, -0.1) is 0 Å². The third-order valence-corrected chi connectivity index (χ3v) is 4.98. The lowest BCUT2D eigenvalue weighted by Gasteiger charge is -2.13. The van der Waals surface area contributed by atoms with Crippen LogP contribution in [0.4, 0.5) is 0 Å². The van der Waals surface area contributed by atoms with E-state index in [-0.39, 0.29) is 11.8 Å². The predicted molar refractivity (Wildman–Crippen MR) is 98.9 cm³/mol. The van der Waals surface area contributed by atoms with E-state index in [1.807, 2.05) is 59.8 Å². The highest BCUT2D eigenvalue weighted by Crippen LogP contribution is 2.19. The lowest BCUT2D eigenvalue weighted by molar-refractivity contribution is -0.125. The van der Waals surface area contributed by atoms with Crippen LogP contribution in [0.3, 0.4) is 0 Å². The molecular weight excluding hydrogens is 326 g/mol. The van der Waals surface area contributed by atoms with E-state index in [9.17, 15) is 4.79 Å². The summed E-state index contributed by atoms with van der Waals surface area (Å²) in [5.74, 6) is 1.32. The first-order valence-corrected chi connectivity index (χ1v) is 9.16. The van der Waals surface area contributed by atoms with Crippen LogP contribution in [0.15, 0.2) is 55.1 Å². The Balaban J connectivity index is 1.26. The van der Waals surface area contributed by atoms with E-state index in [1.54, 1.807) is 0 Å². The molecule has 1 aliphatic rings. The van der Waals surface area contributed by atoms with Crippen LogP contribution in [-0.4, -0.2) is 31.8 Å². The van der Waals surface area contributed by atoms with Crippen LogP contribution in [-0.2, 0) is 24.2 Å². The monoisotopic (exact) mass is 349 g/mol. The molecule has 0 fully saturated rings. The highest BCUT2D eigenvalue weighted by atomic mass is 16.1. The van der Waals surface area contributed by atoms with Crippen molar-refractivity contribution in [3.63, 3.8) is 0 Å². The number of hydrogen-bond acceptors (Lipinski definition) is 3. The highest BCUT2D eigenvalue weighted by molar-refractivity contribution is 5.78. The van der Waals surface area contributed by atoms with Crippen LogP contribution < -0.4 is 5.32 Å². The molecule has 134 valence electrons. The number of carbonyl (C=O) groups is 1. The Labute approximate surface area is 152 Å². The van der Waals surface area contributed by atoms with E-state index in [2.05, 4.69) is 20.0 Å². The largest absolute Gasteiger partial charge is 0.356 e. The van der Waals surface area contributed by atoms with Crippen molar-refractivity contribution in [1.82, 2.24) is 24.6 Å². The van der Waals surface area contributed by atoms with Crippen molar-refractivity contribution < 1.29 is 4.79 Å². The van der Waals surface area contributed by atoms with E-state index >= 15 is 0 Å². The van der Waals surface area contributed by atoms with Gasteiger partial charge in [-0.3, -0.25) is 4.79 Å². The maximum Gasteiger partial charge on any atom is 0.223 e. The SMILES string of the molecule is O=C(NCCc1cnn(-c2ccccc2)c1)C1CCc2nccn2CC1. The summed E-state index contributed by atoms with van der Waals surface area (Å²) in [6.07, 6.45) is 11.1. The lowest BCUT2D eigenvalue weighted by Crippen LogP contribution is -2.32. The summed E-state index contributed by atoms with van der Waals surface area (Å²) in [6.45, 7) is 1.51. The molecule has 1 amide bonds. The van der Waals surface area contributed by atoms with Gasteiger partial charge in [0, 0.05) is 44.0 Å². The zero-order valence-electron chi connectivity index (χ0n) is 14.7. The van der Waals surface area contributed by atoms with Crippen molar-refractivity contribution in [3.8, 4) is 5.69 Å².